The van der Waals surface area contributed by atoms with Gasteiger partial charge in [0.15, 0.2) is 5.82 Å². The lowest BCUT2D eigenvalue weighted by atomic mass is 9.89. The molecule has 5 N–H and O–H groups in total. The number of carbonyl (C=O) groups is 3. The predicted molar refractivity (Wildman–Crippen MR) is 230 cm³/mol. The molecule has 314 valence electrons. The van der Waals surface area contributed by atoms with Gasteiger partial charge < -0.3 is 40.5 Å². The molecule has 0 spiro atoms. The number of fused-ring (bicyclic) bond motifs is 2. The first kappa shape index (κ1) is 39.4. The molecule has 9 rings (SSSR count). The van der Waals surface area contributed by atoms with E-state index in [-0.39, 0.29) is 23.6 Å². The van der Waals surface area contributed by atoms with Gasteiger partial charge >= 0.3 is 6.03 Å². The Bertz CT molecular complexity index is 2180. The lowest BCUT2D eigenvalue weighted by molar-refractivity contribution is -0.133. The molecular weight excluding hydrogens is 761 g/mol. The van der Waals surface area contributed by atoms with Crippen LogP contribution in [-0.2, 0) is 9.59 Å². The van der Waals surface area contributed by atoms with Crippen LogP contribution in [0.1, 0.15) is 50.0 Å². The van der Waals surface area contributed by atoms with Crippen LogP contribution in [0.2, 0.25) is 0 Å². The molecular formula is C45H54N10O5. The number of imide groups is 1. The summed E-state index contributed by atoms with van der Waals surface area (Å²) in [5.74, 6) is 1.32. The number of hydrogen-bond acceptors (Lipinski definition) is 12. The van der Waals surface area contributed by atoms with Gasteiger partial charge in [-0.25, -0.2) is 4.79 Å². The van der Waals surface area contributed by atoms with Gasteiger partial charge in [-0.2, -0.15) is 0 Å². The van der Waals surface area contributed by atoms with Gasteiger partial charge in [-0.05, 0) is 86.1 Å². The highest BCUT2D eigenvalue weighted by Crippen LogP contribution is 2.40. The zero-order chi connectivity index (χ0) is 41.2. The summed E-state index contributed by atoms with van der Waals surface area (Å²) in [7, 11) is 0. The summed E-state index contributed by atoms with van der Waals surface area (Å²) in [6, 6.07) is 26.1. The molecule has 4 amide bonds. The van der Waals surface area contributed by atoms with Crippen molar-refractivity contribution in [2.75, 3.05) is 86.4 Å². The average Bonchev–Trinajstić information content (AvgIpc) is 3.54. The molecule has 5 saturated heterocycles. The second-order valence-corrected chi connectivity index (χ2v) is 16.7. The van der Waals surface area contributed by atoms with Gasteiger partial charge in [0.05, 0.1) is 11.4 Å². The van der Waals surface area contributed by atoms with Crippen LogP contribution in [0.4, 0.5) is 27.7 Å². The van der Waals surface area contributed by atoms with Gasteiger partial charge in [0.1, 0.15) is 24.1 Å². The number of nitrogens with two attached hydrogens (primary N) is 1. The van der Waals surface area contributed by atoms with Crippen molar-refractivity contribution >= 4 is 40.7 Å². The number of nitrogens with zero attached hydrogens (tertiary/aromatic N) is 7. The predicted octanol–water partition coefficient (Wildman–Crippen LogP) is 4.50. The molecule has 3 unspecified atom stereocenters. The van der Waals surface area contributed by atoms with Gasteiger partial charge in [0.2, 0.25) is 11.8 Å². The van der Waals surface area contributed by atoms with E-state index < -0.39 is 6.04 Å². The molecule has 0 aliphatic carbocycles. The second kappa shape index (κ2) is 17.3. The van der Waals surface area contributed by atoms with E-state index >= 15 is 0 Å². The van der Waals surface area contributed by atoms with E-state index in [4.69, 9.17) is 10.5 Å². The fraction of sp³-hybridized carbons (Fsp3) is 0.444. The number of nitrogens with one attached hydrogen (secondary N) is 2. The fourth-order valence-electron chi connectivity index (χ4n) is 9.67. The molecule has 5 aliphatic heterocycles. The number of aromatic nitrogens is 2. The Morgan fingerprint density at radius 1 is 0.833 bits per heavy atom. The highest BCUT2D eigenvalue weighted by atomic mass is 16.5. The number of hydrogen-bond donors (Lipinski definition) is 4. The van der Waals surface area contributed by atoms with E-state index in [1.807, 2.05) is 46.2 Å². The highest BCUT2D eigenvalue weighted by Gasteiger charge is 2.41. The summed E-state index contributed by atoms with van der Waals surface area (Å²) in [6.45, 7) is 7.55. The summed E-state index contributed by atoms with van der Waals surface area (Å²) in [5.41, 5.74) is 11.7. The fourth-order valence-corrected chi connectivity index (χ4v) is 9.67. The molecule has 5 fully saturated rings. The van der Waals surface area contributed by atoms with Crippen molar-refractivity contribution < 1.29 is 24.2 Å². The van der Waals surface area contributed by atoms with Crippen LogP contribution in [0, 0.1) is 0 Å². The van der Waals surface area contributed by atoms with Gasteiger partial charge in [0, 0.05) is 100 Å². The van der Waals surface area contributed by atoms with E-state index in [2.05, 4.69) is 65.9 Å². The van der Waals surface area contributed by atoms with Crippen LogP contribution in [-0.4, -0.2) is 131 Å². The van der Waals surface area contributed by atoms with Crippen LogP contribution in [0.15, 0.2) is 78.9 Å². The molecule has 4 aromatic rings. The Morgan fingerprint density at radius 3 is 2.30 bits per heavy atom. The van der Waals surface area contributed by atoms with Crippen molar-refractivity contribution in [2.45, 2.75) is 62.6 Å². The number of urea groups is 1. The molecule has 0 saturated carbocycles. The quantitative estimate of drug-likeness (QED) is 0.166. The number of phenolic OH excluding ortho intramolecular Hbond substituents is 1. The number of phenols is 1. The monoisotopic (exact) mass is 814 g/mol. The summed E-state index contributed by atoms with van der Waals surface area (Å²) in [4.78, 5) is 48.3. The molecule has 60 heavy (non-hydrogen) atoms. The molecule has 0 radical (unpaired) electrons. The standard InChI is InChI=1S/C45H54N10O5/c46-43-40(27-39(49-50-43)37-6-1-2-7-41(37)56)54-28-34-12-13-35(29-54)55(34)33-4-3-5-36(26-33)60-25-24-51-20-22-53(23-21-51)45(59)52-18-16-31(17-19-52)30-8-10-32(11-9-30)47-38-14-15-42(57)48-44(38)58/h1-11,26-27,31,34-35,38,47,56H,12-25,28-29H2,(H2,46,50)(H,48,57,58). The number of amides is 4. The van der Waals surface area contributed by atoms with Gasteiger partial charge in [0.25, 0.3) is 0 Å². The minimum atomic E-state index is -0.399. The molecule has 15 nitrogen and oxygen atoms in total. The van der Waals surface area contributed by atoms with Crippen molar-refractivity contribution in [3.05, 3.63) is 84.4 Å². The summed E-state index contributed by atoms with van der Waals surface area (Å²) in [6.07, 6.45) is 4.86. The highest BCUT2D eigenvalue weighted by molar-refractivity contribution is 6.01. The minimum Gasteiger partial charge on any atom is -0.507 e. The Morgan fingerprint density at radius 2 is 1.57 bits per heavy atom. The largest absolute Gasteiger partial charge is 0.507 e. The first-order valence-corrected chi connectivity index (χ1v) is 21.4. The average molecular weight is 815 g/mol. The summed E-state index contributed by atoms with van der Waals surface area (Å²) in [5, 5.41) is 24.6. The molecule has 3 aromatic carbocycles. The van der Waals surface area contributed by atoms with E-state index in [1.54, 1.807) is 12.1 Å². The van der Waals surface area contributed by atoms with Crippen LogP contribution in [0.3, 0.4) is 0 Å². The van der Waals surface area contributed by atoms with E-state index in [9.17, 15) is 19.5 Å². The maximum absolute atomic E-state index is 13.5. The van der Waals surface area contributed by atoms with Crippen LogP contribution in [0.25, 0.3) is 11.3 Å². The maximum atomic E-state index is 13.5. The molecule has 1 aromatic heterocycles. The summed E-state index contributed by atoms with van der Waals surface area (Å²) < 4.78 is 6.32. The van der Waals surface area contributed by atoms with Crippen LogP contribution in [0.5, 0.6) is 11.5 Å². The number of likely N-dealkylation sites (tertiary alicyclic amines) is 1. The number of ether oxygens (including phenoxy) is 1. The van der Waals surface area contributed by atoms with Crippen molar-refractivity contribution in [1.82, 2.24) is 30.2 Å². The third kappa shape index (κ3) is 8.49. The van der Waals surface area contributed by atoms with Crippen molar-refractivity contribution in [2.24, 2.45) is 0 Å². The molecule has 2 bridgehead atoms. The van der Waals surface area contributed by atoms with Gasteiger partial charge in [-0.3, -0.25) is 19.8 Å². The van der Waals surface area contributed by atoms with Crippen LogP contribution >= 0.6 is 0 Å². The van der Waals surface area contributed by atoms with E-state index in [1.165, 1.54) is 11.3 Å². The number of carbonyl (C=O) groups excluding carboxylic acids is 3. The van der Waals surface area contributed by atoms with Crippen LogP contribution < -0.4 is 30.9 Å². The number of benzene rings is 3. The zero-order valence-corrected chi connectivity index (χ0v) is 33.9. The molecule has 6 heterocycles. The number of aromatic hydroxyl groups is 1. The second-order valence-electron chi connectivity index (χ2n) is 16.7. The molecule has 5 aliphatic rings. The third-order valence-electron chi connectivity index (χ3n) is 13.0. The number of rotatable bonds is 10. The number of para-hydroxylation sites is 1. The number of anilines is 4. The third-order valence-corrected chi connectivity index (χ3v) is 13.0. The van der Waals surface area contributed by atoms with E-state index in [0.717, 1.165) is 88.6 Å². The normalized spacial score (nSPS) is 22.5. The Kier molecular flexibility index (Phi) is 11.3. The first-order chi connectivity index (χ1) is 29.3. The smallest absolute Gasteiger partial charge is 0.320 e. The van der Waals surface area contributed by atoms with E-state index in [0.29, 0.717) is 67.6 Å². The van der Waals surface area contributed by atoms with Crippen molar-refractivity contribution in [1.29, 1.82) is 0 Å². The lowest BCUT2D eigenvalue weighted by Crippen LogP contribution is -2.54. The SMILES string of the molecule is Nc1nnc(-c2ccccc2O)cc1N1CC2CCC(C1)N2c1cccc(OCCN2CCN(C(=O)N3CCC(c4ccc(NC5CCC(=O)NC5=O)cc4)CC3)CC2)c1. The summed E-state index contributed by atoms with van der Waals surface area (Å²) >= 11 is 0. The minimum absolute atomic E-state index is 0.137. The first-order valence-electron chi connectivity index (χ1n) is 21.4. The number of nitrogen functional groups attached to an aromatic ring is 1. The maximum Gasteiger partial charge on any atom is 0.320 e. The lowest BCUT2D eigenvalue weighted by Gasteiger charge is -2.43. The molecule has 3 atom stereocenters. The van der Waals surface area contributed by atoms with Gasteiger partial charge in [-0.1, -0.05) is 30.3 Å². The van der Waals surface area contributed by atoms with Crippen molar-refractivity contribution in [3.63, 3.8) is 0 Å². The topological polar surface area (TPSA) is 173 Å². The Hall–Kier alpha value is -6.09. The zero-order valence-electron chi connectivity index (χ0n) is 33.9. The van der Waals surface area contributed by atoms with Crippen molar-refractivity contribution in [3.8, 4) is 22.8 Å². The Labute approximate surface area is 350 Å². The van der Waals surface area contributed by atoms with Gasteiger partial charge in [-0.15, -0.1) is 10.2 Å². The Balaban J connectivity index is 0.708. The number of piperidine rings is 2. The molecule has 15 heteroatoms. The number of piperazine rings is 2.